The summed E-state index contributed by atoms with van der Waals surface area (Å²) in [6.07, 6.45) is 3.95. The molecule has 1 rings (SSSR count). The van der Waals surface area contributed by atoms with Gasteiger partial charge in [-0.15, -0.1) is 0 Å². The SMILES string of the molecule is CCCOC(Oc1c(C)cc(OCC=C(Cl)Cl)cc1CC)C(C)=NOCC=C(Cl)Cl. The molecule has 9 heteroatoms. The zero-order chi connectivity index (χ0) is 22.5. The predicted molar refractivity (Wildman–Crippen MR) is 125 cm³/mol. The lowest BCUT2D eigenvalue weighted by Crippen LogP contribution is -2.30. The van der Waals surface area contributed by atoms with Crippen molar-refractivity contribution in [2.45, 2.75) is 46.8 Å². The number of hydrogen-bond acceptors (Lipinski definition) is 5. The molecular weight excluding hydrogens is 472 g/mol. The molecule has 168 valence electrons. The van der Waals surface area contributed by atoms with Crippen molar-refractivity contribution in [2.75, 3.05) is 19.8 Å². The summed E-state index contributed by atoms with van der Waals surface area (Å²) in [6.45, 7) is 8.70. The molecule has 30 heavy (non-hydrogen) atoms. The molecule has 0 amide bonds. The molecule has 5 nitrogen and oxygen atoms in total. The molecule has 0 bridgehead atoms. The molecule has 1 unspecified atom stereocenters. The van der Waals surface area contributed by atoms with Gasteiger partial charge in [-0.05, 0) is 62.1 Å². The zero-order valence-electron chi connectivity index (χ0n) is 17.5. The van der Waals surface area contributed by atoms with Crippen molar-refractivity contribution in [3.05, 3.63) is 44.4 Å². The molecule has 0 aliphatic heterocycles. The summed E-state index contributed by atoms with van der Waals surface area (Å²) in [5.74, 6) is 1.42. The van der Waals surface area contributed by atoms with E-state index < -0.39 is 6.29 Å². The quantitative estimate of drug-likeness (QED) is 0.126. The minimum Gasteiger partial charge on any atom is -0.489 e. The second kappa shape index (κ2) is 14.8. The van der Waals surface area contributed by atoms with Gasteiger partial charge in [-0.2, -0.15) is 0 Å². The molecule has 0 radical (unpaired) electrons. The topological polar surface area (TPSA) is 49.3 Å². The highest BCUT2D eigenvalue weighted by molar-refractivity contribution is 6.56. The van der Waals surface area contributed by atoms with Gasteiger partial charge in [0.25, 0.3) is 0 Å². The molecule has 1 atom stereocenters. The number of rotatable bonds is 13. The van der Waals surface area contributed by atoms with Gasteiger partial charge in [-0.1, -0.05) is 65.4 Å². The van der Waals surface area contributed by atoms with Crippen LogP contribution in [-0.2, 0) is 16.0 Å². The number of nitrogens with zero attached hydrogens (tertiary/aromatic N) is 1. The van der Waals surface area contributed by atoms with Gasteiger partial charge in [0.15, 0.2) is 0 Å². The van der Waals surface area contributed by atoms with Crippen LogP contribution in [0.5, 0.6) is 11.5 Å². The van der Waals surface area contributed by atoms with Crippen molar-refractivity contribution in [3.63, 3.8) is 0 Å². The van der Waals surface area contributed by atoms with Gasteiger partial charge in [0.1, 0.15) is 39.4 Å². The standard InChI is InChI=1S/C21H27Cl4NO4/c1-5-9-28-21(15(4)26-29-11-8-19(24)25)30-20-14(3)12-17(13-16(20)6-2)27-10-7-18(22)23/h7-8,12-13,21H,5-6,9-11H2,1-4H3. The van der Waals surface area contributed by atoms with Gasteiger partial charge in [0, 0.05) is 0 Å². The molecule has 0 heterocycles. The summed E-state index contributed by atoms with van der Waals surface area (Å²) in [5.41, 5.74) is 2.41. The molecule has 0 aromatic heterocycles. The molecule has 0 saturated carbocycles. The molecule has 0 saturated heterocycles. The van der Waals surface area contributed by atoms with Gasteiger partial charge >= 0.3 is 0 Å². The molecule has 0 aliphatic rings. The normalized spacial score (nSPS) is 12.2. The highest BCUT2D eigenvalue weighted by Crippen LogP contribution is 2.31. The monoisotopic (exact) mass is 497 g/mol. The molecular formula is C21H27Cl4NO4. The minimum atomic E-state index is -0.700. The molecule has 1 aromatic carbocycles. The van der Waals surface area contributed by atoms with E-state index in [0.717, 1.165) is 29.7 Å². The Morgan fingerprint density at radius 3 is 2.33 bits per heavy atom. The zero-order valence-corrected chi connectivity index (χ0v) is 20.5. The first-order valence-corrected chi connectivity index (χ1v) is 11.0. The molecule has 0 aliphatic carbocycles. The van der Waals surface area contributed by atoms with Crippen molar-refractivity contribution in [3.8, 4) is 11.5 Å². The predicted octanol–water partition coefficient (Wildman–Crippen LogP) is 7.10. The molecule has 0 fully saturated rings. The first-order chi connectivity index (χ1) is 14.3. The Morgan fingerprint density at radius 1 is 1.07 bits per heavy atom. The maximum Gasteiger partial charge on any atom is 0.242 e. The summed E-state index contributed by atoms with van der Waals surface area (Å²) < 4.78 is 18.0. The van der Waals surface area contributed by atoms with E-state index in [2.05, 4.69) is 5.16 Å². The van der Waals surface area contributed by atoms with Crippen molar-refractivity contribution in [1.82, 2.24) is 0 Å². The van der Waals surface area contributed by atoms with Crippen LogP contribution in [0.15, 0.2) is 38.4 Å². The highest BCUT2D eigenvalue weighted by atomic mass is 35.5. The fourth-order valence-corrected chi connectivity index (χ4v) is 2.63. The Hall–Kier alpha value is -1.11. The fraction of sp³-hybridized carbons (Fsp3) is 0.476. The second-order valence-electron chi connectivity index (χ2n) is 6.23. The van der Waals surface area contributed by atoms with E-state index in [9.17, 15) is 0 Å². The smallest absolute Gasteiger partial charge is 0.242 e. The third-order valence-corrected chi connectivity index (χ3v) is 4.37. The lowest BCUT2D eigenvalue weighted by molar-refractivity contribution is -0.0351. The highest BCUT2D eigenvalue weighted by Gasteiger charge is 2.19. The lowest BCUT2D eigenvalue weighted by Gasteiger charge is -2.22. The van der Waals surface area contributed by atoms with Crippen LogP contribution in [0, 0.1) is 6.92 Å². The number of hydrogen-bond donors (Lipinski definition) is 0. The Bertz CT molecular complexity index is 758. The second-order valence-corrected chi connectivity index (χ2v) is 8.25. The Labute approximate surface area is 198 Å². The molecule has 0 spiro atoms. The number of oxime groups is 1. The van der Waals surface area contributed by atoms with E-state index >= 15 is 0 Å². The number of benzene rings is 1. The van der Waals surface area contributed by atoms with Gasteiger partial charge in [-0.3, -0.25) is 0 Å². The fourth-order valence-electron chi connectivity index (χ4n) is 2.38. The van der Waals surface area contributed by atoms with Gasteiger partial charge in [0.05, 0.1) is 6.61 Å². The Balaban J connectivity index is 3.02. The van der Waals surface area contributed by atoms with Crippen molar-refractivity contribution in [1.29, 1.82) is 0 Å². The minimum absolute atomic E-state index is 0.118. The average molecular weight is 499 g/mol. The molecule has 0 N–H and O–H groups in total. The first kappa shape index (κ1) is 26.9. The van der Waals surface area contributed by atoms with Crippen LogP contribution in [-0.4, -0.2) is 31.8 Å². The first-order valence-electron chi connectivity index (χ1n) is 9.51. The maximum absolute atomic E-state index is 6.20. The van der Waals surface area contributed by atoms with Crippen molar-refractivity contribution in [2.24, 2.45) is 5.16 Å². The van der Waals surface area contributed by atoms with E-state index in [4.69, 9.17) is 65.5 Å². The maximum atomic E-state index is 6.20. The third kappa shape index (κ3) is 10.3. The summed E-state index contributed by atoms with van der Waals surface area (Å²) in [5, 5.41) is 4.05. The largest absolute Gasteiger partial charge is 0.489 e. The van der Waals surface area contributed by atoms with Crippen LogP contribution in [0.2, 0.25) is 0 Å². The number of halogens is 4. The van der Waals surface area contributed by atoms with E-state index in [1.807, 2.05) is 32.9 Å². The lowest BCUT2D eigenvalue weighted by atomic mass is 10.1. The summed E-state index contributed by atoms with van der Waals surface area (Å²) in [6, 6.07) is 3.81. The van der Waals surface area contributed by atoms with Crippen molar-refractivity contribution < 1.29 is 19.0 Å². The summed E-state index contributed by atoms with van der Waals surface area (Å²) in [4.78, 5) is 5.21. The number of aryl methyl sites for hydroxylation is 2. The van der Waals surface area contributed by atoms with Crippen LogP contribution in [0.4, 0.5) is 0 Å². The molecule has 1 aromatic rings. The Morgan fingerprint density at radius 2 is 1.73 bits per heavy atom. The van der Waals surface area contributed by atoms with Gasteiger partial charge in [-0.25, -0.2) is 0 Å². The van der Waals surface area contributed by atoms with E-state index in [1.165, 1.54) is 6.08 Å². The van der Waals surface area contributed by atoms with Crippen LogP contribution >= 0.6 is 46.4 Å². The van der Waals surface area contributed by atoms with Crippen LogP contribution < -0.4 is 9.47 Å². The Kier molecular flexibility index (Phi) is 13.3. The van der Waals surface area contributed by atoms with Crippen LogP contribution in [0.1, 0.15) is 38.3 Å². The van der Waals surface area contributed by atoms with Gasteiger partial charge < -0.3 is 19.0 Å². The van der Waals surface area contributed by atoms with E-state index in [0.29, 0.717) is 18.1 Å². The number of ether oxygens (including phenoxy) is 3. The summed E-state index contributed by atoms with van der Waals surface area (Å²) in [7, 11) is 0. The summed E-state index contributed by atoms with van der Waals surface area (Å²) >= 11 is 22.4. The van der Waals surface area contributed by atoms with Crippen molar-refractivity contribution >= 4 is 52.1 Å². The average Bonchev–Trinajstić information content (AvgIpc) is 2.68. The van der Waals surface area contributed by atoms with Crippen LogP contribution in [0.25, 0.3) is 0 Å². The van der Waals surface area contributed by atoms with E-state index in [-0.39, 0.29) is 22.2 Å². The third-order valence-electron chi connectivity index (χ3n) is 3.75. The van der Waals surface area contributed by atoms with E-state index in [1.54, 1.807) is 13.0 Å². The van der Waals surface area contributed by atoms with Crippen LogP contribution in [0.3, 0.4) is 0 Å². The van der Waals surface area contributed by atoms with Gasteiger partial charge in [0.2, 0.25) is 6.29 Å².